The predicted molar refractivity (Wildman–Crippen MR) is 69.4 cm³/mol. The predicted octanol–water partition coefficient (Wildman–Crippen LogP) is 3.49. The highest BCUT2D eigenvalue weighted by Gasteiger charge is 2.10. The molecule has 0 radical (unpaired) electrons. The highest BCUT2D eigenvalue weighted by Crippen LogP contribution is 2.19. The summed E-state index contributed by atoms with van der Waals surface area (Å²) in [7, 11) is 0. The van der Waals surface area contributed by atoms with E-state index in [-0.39, 0.29) is 5.78 Å². The summed E-state index contributed by atoms with van der Waals surface area (Å²) in [5.41, 5.74) is 1.74. The molecule has 0 saturated heterocycles. The van der Waals surface area contributed by atoms with E-state index in [2.05, 4.69) is 15.9 Å². The first-order valence-electron chi connectivity index (χ1n) is 5.07. The Morgan fingerprint density at radius 1 is 1.00 bits per heavy atom. The van der Waals surface area contributed by atoms with Crippen LogP contribution in [0.1, 0.15) is 26.3 Å². The summed E-state index contributed by atoms with van der Waals surface area (Å²) in [5, 5.41) is 0. The third-order valence-corrected chi connectivity index (χ3v) is 3.11. The van der Waals surface area contributed by atoms with E-state index in [4.69, 9.17) is 0 Å². The van der Waals surface area contributed by atoms with E-state index >= 15 is 0 Å². The highest BCUT2D eigenvalue weighted by molar-refractivity contribution is 9.10. The molecule has 2 aromatic rings. The van der Waals surface area contributed by atoms with Gasteiger partial charge in [-0.05, 0) is 12.1 Å². The van der Waals surface area contributed by atoms with Crippen molar-refractivity contribution in [1.29, 1.82) is 0 Å². The van der Waals surface area contributed by atoms with Crippen molar-refractivity contribution in [2.45, 2.75) is 0 Å². The van der Waals surface area contributed by atoms with E-state index in [1.807, 2.05) is 18.2 Å². The molecule has 0 aliphatic heterocycles. The van der Waals surface area contributed by atoms with Crippen LogP contribution in [0.2, 0.25) is 0 Å². The fourth-order valence-electron chi connectivity index (χ4n) is 1.52. The van der Waals surface area contributed by atoms with E-state index < -0.39 is 0 Å². The van der Waals surface area contributed by atoms with Crippen LogP contribution in [0, 0.1) is 0 Å². The lowest BCUT2D eigenvalue weighted by atomic mass is 10.0. The SMILES string of the molecule is O=Cc1ccc(C(=O)c2ccccc2)cc1Br. The Hall–Kier alpha value is -1.74. The average Bonchev–Trinajstić information content (AvgIpc) is 2.39. The Morgan fingerprint density at radius 2 is 1.71 bits per heavy atom. The number of aldehydes is 1. The second kappa shape index (κ2) is 5.06. The summed E-state index contributed by atoms with van der Waals surface area (Å²) < 4.78 is 0.634. The maximum atomic E-state index is 12.1. The number of carbonyl (C=O) groups is 2. The maximum Gasteiger partial charge on any atom is 0.193 e. The Labute approximate surface area is 107 Å². The molecule has 0 aliphatic rings. The number of carbonyl (C=O) groups excluding carboxylic acids is 2. The summed E-state index contributed by atoms with van der Waals surface area (Å²) in [4.78, 5) is 22.8. The molecule has 0 saturated carbocycles. The van der Waals surface area contributed by atoms with Crippen LogP contribution in [0.15, 0.2) is 53.0 Å². The van der Waals surface area contributed by atoms with Crippen molar-refractivity contribution in [3.05, 3.63) is 69.7 Å². The number of hydrogen-bond acceptors (Lipinski definition) is 2. The summed E-state index contributed by atoms with van der Waals surface area (Å²) in [6.45, 7) is 0. The van der Waals surface area contributed by atoms with Gasteiger partial charge in [0, 0.05) is 21.2 Å². The van der Waals surface area contributed by atoms with Crippen LogP contribution in [0.5, 0.6) is 0 Å². The Balaban J connectivity index is 2.39. The lowest BCUT2D eigenvalue weighted by Gasteiger charge is -2.03. The van der Waals surface area contributed by atoms with Gasteiger partial charge in [-0.3, -0.25) is 9.59 Å². The van der Waals surface area contributed by atoms with Crippen molar-refractivity contribution in [2.24, 2.45) is 0 Å². The van der Waals surface area contributed by atoms with Gasteiger partial charge in [0.25, 0.3) is 0 Å². The lowest BCUT2D eigenvalue weighted by molar-refractivity contribution is 0.103. The van der Waals surface area contributed by atoms with Gasteiger partial charge in [-0.15, -0.1) is 0 Å². The third-order valence-electron chi connectivity index (χ3n) is 2.43. The molecule has 2 rings (SSSR count). The Kier molecular flexibility index (Phi) is 3.49. The Bertz CT molecular complexity index is 562. The summed E-state index contributed by atoms with van der Waals surface area (Å²) >= 11 is 3.26. The molecule has 84 valence electrons. The van der Waals surface area contributed by atoms with E-state index in [9.17, 15) is 9.59 Å². The van der Waals surface area contributed by atoms with Gasteiger partial charge in [-0.1, -0.05) is 52.3 Å². The minimum absolute atomic E-state index is 0.0521. The van der Waals surface area contributed by atoms with Gasteiger partial charge in [-0.2, -0.15) is 0 Å². The van der Waals surface area contributed by atoms with Gasteiger partial charge in [-0.25, -0.2) is 0 Å². The van der Waals surface area contributed by atoms with Gasteiger partial charge >= 0.3 is 0 Å². The molecule has 0 atom stereocenters. The molecule has 0 bridgehead atoms. The topological polar surface area (TPSA) is 34.1 Å². The fraction of sp³-hybridized carbons (Fsp3) is 0. The van der Waals surface area contributed by atoms with Crippen LogP contribution in [-0.2, 0) is 0 Å². The molecule has 17 heavy (non-hydrogen) atoms. The van der Waals surface area contributed by atoms with Gasteiger partial charge in [0.1, 0.15) is 0 Å². The molecule has 0 heterocycles. The van der Waals surface area contributed by atoms with Crippen LogP contribution in [0.3, 0.4) is 0 Å². The zero-order chi connectivity index (χ0) is 12.3. The normalized spacial score (nSPS) is 9.94. The molecule has 0 unspecified atom stereocenters. The third kappa shape index (κ3) is 2.50. The van der Waals surface area contributed by atoms with Crippen LogP contribution in [0.4, 0.5) is 0 Å². The molecule has 0 amide bonds. The molecule has 2 nitrogen and oxygen atoms in total. The van der Waals surface area contributed by atoms with Crippen LogP contribution in [-0.4, -0.2) is 12.1 Å². The maximum absolute atomic E-state index is 12.1. The largest absolute Gasteiger partial charge is 0.298 e. The molecule has 0 aliphatic carbocycles. The van der Waals surface area contributed by atoms with E-state index in [0.717, 1.165) is 6.29 Å². The lowest BCUT2D eigenvalue weighted by Crippen LogP contribution is -2.01. The number of ketones is 1. The van der Waals surface area contributed by atoms with E-state index in [1.165, 1.54) is 0 Å². The molecular formula is C14H9BrO2. The van der Waals surface area contributed by atoms with E-state index in [1.54, 1.807) is 30.3 Å². The minimum Gasteiger partial charge on any atom is -0.298 e. The van der Waals surface area contributed by atoms with Crippen molar-refractivity contribution >= 4 is 28.0 Å². The molecule has 0 aromatic heterocycles. The summed E-state index contributed by atoms with van der Waals surface area (Å²) in [6, 6.07) is 14.0. The first-order chi connectivity index (χ1) is 8.22. The smallest absolute Gasteiger partial charge is 0.193 e. The molecule has 0 N–H and O–H groups in total. The van der Waals surface area contributed by atoms with Crippen LogP contribution >= 0.6 is 15.9 Å². The second-order valence-electron chi connectivity index (χ2n) is 3.55. The standard InChI is InChI=1S/C14H9BrO2/c15-13-8-11(6-7-12(13)9-16)14(17)10-4-2-1-3-5-10/h1-9H. The zero-order valence-corrected chi connectivity index (χ0v) is 10.5. The number of rotatable bonds is 3. The first kappa shape index (κ1) is 11.7. The van der Waals surface area contributed by atoms with Crippen LogP contribution in [0.25, 0.3) is 0 Å². The monoisotopic (exact) mass is 288 g/mol. The quantitative estimate of drug-likeness (QED) is 0.640. The molecular weight excluding hydrogens is 280 g/mol. The Morgan fingerprint density at radius 3 is 2.29 bits per heavy atom. The number of halogens is 1. The number of benzene rings is 2. The van der Waals surface area contributed by atoms with Crippen LogP contribution < -0.4 is 0 Å². The first-order valence-corrected chi connectivity index (χ1v) is 5.86. The average molecular weight is 289 g/mol. The molecule has 0 fully saturated rings. The molecule has 2 aromatic carbocycles. The van der Waals surface area contributed by atoms with Gasteiger partial charge in [0.05, 0.1) is 0 Å². The van der Waals surface area contributed by atoms with Crippen molar-refractivity contribution < 1.29 is 9.59 Å². The van der Waals surface area contributed by atoms with Crippen molar-refractivity contribution in [3.63, 3.8) is 0 Å². The van der Waals surface area contributed by atoms with Crippen molar-refractivity contribution in [3.8, 4) is 0 Å². The second-order valence-corrected chi connectivity index (χ2v) is 4.40. The van der Waals surface area contributed by atoms with Gasteiger partial charge < -0.3 is 0 Å². The van der Waals surface area contributed by atoms with Crippen molar-refractivity contribution in [2.75, 3.05) is 0 Å². The zero-order valence-electron chi connectivity index (χ0n) is 8.89. The number of hydrogen-bond donors (Lipinski definition) is 0. The van der Waals surface area contributed by atoms with E-state index in [0.29, 0.717) is 21.2 Å². The summed E-state index contributed by atoms with van der Waals surface area (Å²) in [6.07, 6.45) is 0.751. The molecule has 0 spiro atoms. The molecule has 3 heteroatoms. The highest BCUT2D eigenvalue weighted by atomic mass is 79.9. The van der Waals surface area contributed by atoms with Crippen molar-refractivity contribution in [1.82, 2.24) is 0 Å². The minimum atomic E-state index is -0.0521. The fourth-order valence-corrected chi connectivity index (χ4v) is 1.99. The summed E-state index contributed by atoms with van der Waals surface area (Å²) in [5.74, 6) is -0.0521. The van der Waals surface area contributed by atoms with Gasteiger partial charge in [0.15, 0.2) is 12.1 Å². The van der Waals surface area contributed by atoms with Gasteiger partial charge in [0.2, 0.25) is 0 Å².